The molecule has 0 atom stereocenters. The molecule has 0 aliphatic carbocycles. The van der Waals surface area contributed by atoms with Crippen LogP contribution in [0.2, 0.25) is 0 Å². The molecule has 4 N–H and O–H groups in total. The molecule has 0 fully saturated rings. The van der Waals surface area contributed by atoms with E-state index in [2.05, 4.69) is 15.6 Å². The summed E-state index contributed by atoms with van der Waals surface area (Å²) in [6.07, 6.45) is 0.195. The predicted octanol–water partition coefficient (Wildman–Crippen LogP) is 2.32. The molecule has 0 saturated carbocycles. The molecule has 7 nitrogen and oxygen atoms in total. The van der Waals surface area contributed by atoms with Crippen LogP contribution in [0, 0.1) is 13.8 Å². The summed E-state index contributed by atoms with van der Waals surface area (Å²) in [6, 6.07) is 6.84. The van der Waals surface area contributed by atoms with Crippen molar-refractivity contribution in [2.75, 3.05) is 30.4 Å². The molecule has 0 aliphatic heterocycles. The molecule has 25 heavy (non-hydrogen) atoms. The van der Waals surface area contributed by atoms with E-state index in [0.29, 0.717) is 29.5 Å². The maximum absolute atomic E-state index is 12.5. The lowest BCUT2D eigenvalue weighted by Crippen LogP contribution is -2.19. The van der Waals surface area contributed by atoms with E-state index in [1.165, 1.54) is 11.3 Å². The number of carbonyl (C=O) groups is 2. The Morgan fingerprint density at radius 3 is 2.64 bits per heavy atom. The average molecular weight is 362 g/mol. The standard InChI is InChI=1S/C17H22N4O3S/c1-11-12(2)25-17(19-11)21-16(23)13-5-3-4-6-14(13)20-15(22)7-9-24-10-8-18/h3-6H,7-10,18H2,1-2H3,(H,20,22)(H,19,21,23). The predicted molar refractivity (Wildman–Crippen MR) is 99.1 cm³/mol. The summed E-state index contributed by atoms with van der Waals surface area (Å²) < 4.78 is 5.19. The van der Waals surface area contributed by atoms with Crippen LogP contribution in [0.1, 0.15) is 27.3 Å². The Morgan fingerprint density at radius 1 is 1.20 bits per heavy atom. The van der Waals surface area contributed by atoms with Gasteiger partial charge in [-0.25, -0.2) is 4.98 Å². The lowest BCUT2D eigenvalue weighted by Gasteiger charge is -2.10. The molecule has 1 aromatic heterocycles. The van der Waals surface area contributed by atoms with Crippen molar-refractivity contribution in [2.24, 2.45) is 5.73 Å². The quantitative estimate of drug-likeness (QED) is 0.625. The van der Waals surface area contributed by atoms with Crippen molar-refractivity contribution >= 4 is 34.0 Å². The number of ether oxygens (including phenoxy) is 1. The van der Waals surface area contributed by atoms with Gasteiger partial charge < -0.3 is 15.8 Å². The van der Waals surface area contributed by atoms with Crippen molar-refractivity contribution in [2.45, 2.75) is 20.3 Å². The first-order chi connectivity index (χ1) is 12.0. The normalized spacial score (nSPS) is 10.5. The van der Waals surface area contributed by atoms with Gasteiger partial charge in [-0.2, -0.15) is 0 Å². The number of aromatic nitrogens is 1. The Morgan fingerprint density at radius 2 is 1.96 bits per heavy atom. The molecular formula is C17H22N4O3S. The molecule has 8 heteroatoms. The SMILES string of the molecule is Cc1nc(NC(=O)c2ccccc2NC(=O)CCOCCN)sc1C. The minimum Gasteiger partial charge on any atom is -0.380 e. The van der Waals surface area contributed by atoms with E-state index in [1.54, 1.807) is 24.3 Å². The number of rotatable bonds is 8. The van der Waals surface area contributed by atoms with Crippen molar-refractivity contribution in [3.63, 3.8) is 0 Å². The lowest BCUT2D eigenvalue weighted by molar-refractivity contribution is -0.117. The van der Waals surface area contributed by atoms with Crippen LogP contribution in [0.15, 0.2) is 24.3 Å². The zero-order chi connectivity index (χ0) is 18.2. The van der Waals surface area contributed by atoms with E-state index in [-0.39, 0.29) is 24.8 Å². The maximum Gasteiger partial charge on any atom is 0.259 e. The summed E-state index contributed by atoms with van der Waals surface area (Å²) in [7, 11) is 0. The highest BCUT2D eigenvalue weighted by atomic mass is 32.1. The number of nitrogens with zero attached hydrogens (tertiary/aromatic N) is 1. The zero-order valence-electron chi connectivity index (χ0n) is 14.3. The average Bonchev–Trinajstić information content (AvgIpc) is 2.89. The van der Waals surface area contributed by atoms with Gasteiger partial charge in [-0.3, -0.25) is 14.9 Å². The van der Waals surface area contributed by atoms with Crippen LogP contribution in [-0.4, -0.2) is 36.6 Å². The Labute approximate surface area is 150 Å². The second kappa shape index (κ2) is 9.26. The van der Waals surface area contributed by atoms with Crippen molar-refractivity contribution < 1.29 is 14.3 Å². The van der Waals surface area contributed by atoms with Crippen molar-refractivity contribution in [1.29, 1.82) is 0 Å². The molecule has 134 valence electrons. The van der Waals surface area contributed by atoms with Crippen LogP contribution in [0.5, 0.6) is 0 Å². The summed E-state index contributed by atoms with van der Waals surface area (Å²) >= 11 is 1.42. The Hall–Kier alpha value is -2.29. The highest BCUT2D eigenvalue weighted by molar-refractivity contribution is 7.15. The molecule has 0 aliphatic rings. The van der Waals surface area contributed by atoms with Crippen molar-refractivity contribution in [3.05, 3.63) is 40.4 Å². The van der Waals surface area contributed by atoms with Crippen LogP contribution in [0.25, 0.3) is 0 Å². The van der Waals surface area contributed by atoms with Gasteiger partial charge in [0.2, 0.25) is 5.91 Å². The third kappa shape index (κ3) is 5.63. The number of hydrogen-bond acceptors (Lipinski definition) is 6. The number of anilines is 2. The first kappa shape index (κ1) is 19.0. The highest BCUT2D eigenvalue weighted by Gasteiger charge is 2.15. The molecule has 0 unspecified atom stereocenters. The van der Waals surface area contributed by atoms with Crippen LogP contribution in [-0.2, 0) is 9.53 Å². The molecule has 2 rings (SSSR count). The lowest BCUT2D eigenvalue weighted by atomic mass is 10.1. The number of nitrogens with one attached hydrogen (secondary N) is 2. The molecule has 0 bridgehead atoms. The maximum atomic E-state index is 12.5. The molecule has 0 saturated heterocycles. The molecular weight excluding hydrogens is 340 g/mol. The fourth-order valence-electron chi connectivity index (χ4n) is 2.04. The van der Waals surface area contributed by atoms with E-state index in [1.807, 2.05) is 13.8 Å². The van der Waals surface area contributed by atoms with Gasteiger partial charge in [-0.1, -0.05) is 12.1 Å². The number of hydrogen-bond donors (Lipinski definition) is 3. The van der Waals surface area contributed by atoms with Crippen molar-refractivity contribution in [3.8, 4) is 0 Å². The van der Waals surface area contributed by atoms with Crippen LogP contribution in [0.3, 0.4) is 0 Å². The highest BCUT2D eigenvalue weighted by Crippen LogP contribution is 2.23. The summed E-state index contributed by atoms with van der Waals surface area (Å²) in [4.78, 5) is 29.8. The first-order valence-electron chi connectivity index (χ1n) is 7.93. The number of carbonyl (C=O) groups excluding carboxylic acids is 2. The monoisotopic (exact) mass is 362 g/mol. The van der Waals surface area contributed by atoms with Crippen LogP contribution in [0.4, 0.5) is 10.8 Å². The molecule has 1 aromatic carbocycles. The van der Waals surface area contributed by atoms with Gasteiger partial charge in [-0.15, -0.1) is 11.3 Å². The van der Waals surface area contributed by atoms with E-state index < -0.39 is 0 Å². The molecule has 0 radical (unpaired) electrons. The van der Waals surface area contributed by atoms with E-state index in [9.17, 15) is 9.59 Å². The van der Waals surface area contributed by atoms with E-state index in [4.69, 9.17) is 10.5 Å². The fourth-order valence-corrected chi connectivity index (χ4v) is 2.85. The van der Waals surface area contributed by atoms with Crippen LogP contribution < -0.4 is 16.4 Å². The van der Waals surface area contributed by atoms with Gasteiger partial charge in [0.1, 0.15) is 0 Å². The molecule has 2 amide bonds. The van der Waals surface area contributed by atoms with E-state index >= 15 is 0 Å². The molecule has 0 spiro atoms. The summed E-state index contributed by atoms with van der Waals surface area (Å²) in [5.41, 5.74) is 7.04. The summed E-state index contributed by atoms with van der Waals surface area (Å²) in [5.74, 6) is -0.540. The smallest absolute Gasteiger partial charge is 0.259 e. The van der Waals surface area contributed by atoms with Gasteiger partial charge in [0.15, 0.2) is 5.13 Å². The summed E-state index contributed by atoms with van der Waals surface area (Å²) in [5, 5.41) is 6.05. The van der Waals surface area contributed by atoms with Gasteiger partial charge in [-0.05, 0) is 26.0 Å². The topological polar surface area (TPSA) is 106 Å². The number of para-hydroxylation sites is 1. The third-order valence-corrected chi connectivity index (χ3v) is 4.42. The number of benzene rings is 1. The van der Waals surface area contributed by atoms with Gasteiger partial charge in [0.25, 0.3) is 5.91 Å². The van der Waals surface area contributed by atoms with Gasteiger partial charge in [0.05, 0.1) is 36.6 Å². The largest absolute Gasteiger partial charge is 0.380 e. The second-order valence-corrected chi connectivity index (χ2v) is 6.56. The second-order valence-electron chi connectivity index (χ2n) is 5.36. The Balaban J connectivity index is 2.01. The molecule has 2 aromatic rings. The number of aryl methyl sites for hydroxylation is 2. The first-order valence-corrected chi connectivity index (χ1v) is 8.75. The van der Waals surface area contributed by atoms with Crippen LogP contribution >= 0.6 is 11.3 Å². The Bertz CT molecular complexity index is 726. The molecule has 1 heterocycles. The summed E-state index contributed by atoms with van der Waals surface area (Å²) in [6.45, 7) is 4.96. The van der Waals surface area contributed by atoms with Gasteiger partial charge in [0, 0.05) is 11.4 Å². The third-order valence-electron chi connectivity index (χ3n) is 3.43. The van der Waals surface area contributed by atoms with Gasteiger partial charge >= 0.3 is 0 Å². The minimum absolute atomic E-state index is 0.195. The Kier molecular flexibility index (Phi) is 7.05. The number of nitrogens with two attached hydrogens (primary N) is 1. The fraction of sp³-hybridized carbons (Fsp3) is 0.353. The number of thiazole rings is 1. The number of amides is 2. The van der Waals surface area contributed by atoms with Crippen molar-refractivity contribution in [1.82, 2.24) is 4.98 Å². The zero-order valence-corrected chi connectivity index (χ0v) is 15.1. The minimum atomic E-state index is -0.316. The van der Waals surface area contributed by atoms with E-state index in [0.717, 1.165) is 10.6 Å².